The molecule has 2 heterocycles. The quantitative estimate of drug-likeness (QED) is 0.248. The summed E-state index contributed by atoms with van der Waals surface area (Å²) >= 11 is 0. The van der Waals surface area contributed by atoms with Crippen LogP contribution in [0.15, 0.2) is 78.4 Å². The molecule has 39 heavy (non-hydrogen) atoms. The van der Waals surface area contributed by atoms with Crippen molar-refractivity contribution in [2.45, 2.75) is 39.3 Å². The van der Waals surface area contributed by atoms with Crippen LogP contribution in [0.1, 0.15) is 43.5 Å². The van der Waals surface area contributed by atoms with Gasteiger partial charge in [-0.15, -0.1) is 0 Å². The van der Waals surface area contributed by atoms with Gasteiger partial charge in [-0.05, 0) is 74.4 Å². The molecule has 2 N–H and O–H groups in total. The van der Waals surface area contributed by atoms with Crippen LogP contribution in [0.3, 0.4) is 0 Å². The number of likely N-dealkylation sites (tertiary alicyclic amines) is 1. The van der Waals surface area contributed by atoms with E-state index < -0.39 is 17.7 Å². The maximum atomic E-state index is 13.5. The van der Waals surface area contributed by atoms with E-state index in [1.165, 1.54) is 4.90 Å². The normalized spacial score (nSPS) is 19.8. The lowest BCUT2D eigenvalue weighted by atomic mass is 9.94. The zero-order valence-corrected chi connectivity index (χ0v) is 22.6. The predicted molar refractivity (Wildman–Crippen MR) is 149 cm³/mol. The lowest BCUT2D eigenvalue weighted by Gasteiger charge is -2.27. The summed E-state index contributed by atoms with van der Waals surface area (Å²) in [5, 5.41) is 11.5. The Kier molecular flexibility index (Phi) is 7.70. The van der Waals surface area contributed by atoms with E-state index in [-0.39, 0.29) is 17.4 Å². The Morgan fingerprint density at radius 2 is 1.74 bits per heavy atom. The number of nitrogens with zero attached hydrogens (tertiary/aromatic N) is 1. The van der Waals surface area contributed by atoms with Gasteiger partial charge in [0.15, 0.2) is 0 Å². The molecular formula is C32H35N2O5+. The molecule has 3 aromatic carbocycles. The minimum Gasteiger partial charge on any atom is -0.507 e. The highest BCUT2D eigenvalue weighted by Gasteiger charge is 2.46. The van der Waals surface area contributed by atoms with Crippen molar-refractivity contribution in [1.29, 1.82) is 0 Å². The molecule has 1 saturated heterocycles. The molecule has 5 rings (SSSR count). The monoisotopic (exact) mass is 527 g/mol. The Balaban J connectivity index is 1.57. The number of aliphatic hydroxyl groups excluding tert-OH is 1. The third kappa shape index (κ3) is 5.40. The van der Waals surface area contributed by atoms with E-state index in [4.69, 9.17) is 9.47 Å². The van der Waals surface area contributed by atoms with Crippen molar-refractivity contribution < 1.29 is 29.1 Å². The van der Waals surface area contributed by atoms with Crippen molar-refractivity contribution in [3.63, 3.8) is 0 Å². The van der Waals surface area contributed by atoms with Gasteiger partial charge in [-0.3, -0.25) is 9.59 Å². The van der Waals surface area contributed by atoms with E-state index in [0.717, 1.165) is 30.8 Å². The van der Waals surface area contributed by atoms with Crippen molar-refractivity contribution in [1.82, 2.24) is 4.90 Å². The predicted octanol–water partition coefficient (Wildman–Crippen LogP) is 4.15. The average molecular weight is 528 g/mol. The largest absolute Gasteiger partial charge is 0.507 e. The van der Waals surface area contributed by atoms with Crippen LogP contribution in [-0.4, -0.2) is 54.0 Å². The fourth-order valence-electron chi connectivity index (χ4n) is 5.44. The van der Waals surface area contributed by atoms with E-state index in [1.54, 1.807) is 11.0 Å². The second-order valence-electron chi connectivity index (χ2n) is 10.1. The number of fused-ring (bicyclic) bond motifs is 1. The zero-order chi connectivity index (χ0) is 27.5. The van der Waals surface area contributed by atoms with Gasteiger partial charge < -0.3 is 24.4 Å². The van der Waals surface area contributed by atoms with Crippen LogP contribution in [0.2, 0.25) is 0 Å². The van der Waals surface area contributed by atoms with Crippen LogP contribution in [0.4, 0.5) is 0 Å². The van der Waals surface area contributed by atoms with Crippen LogP contribution in [0.5, 0.6) is 17.2 Å². The molecule has 0 spiro atoms. The molecule has 202 valence electrons. The van der Waals surface area contributed by atoms with Gasteiger partial charge in [0.05, 0.1) is 37.8 Å². The Morgan fingerprint density at radius 1 is 1.00 bits per heavy atom. The number of carbonyl (C=O) groups is 2. The minimum absolute atomic E-state index is 0.0536. The molecule has 2 atom stereocenters. The van der Waals surface area contributed by atoms with E-state index in [0.29, 0.717) is 35.7 Å². The number of para-hydroxylation sites is 1. The number of hydrogen-bond acceptors (Lipinski definition) is 5. The molecular weight excluding hydrogens is 492 g/mol. The summed E-state index contributed by atoms with van der Waals surface area (Å²) < 4.78 is 11.9. The molecule has 0 aromatic heterocycles. The Labute approximate surface area is 229 Å². The molecule has 7 heteroatoms. The molecule has 1 amide bonds. The Bertz CT molecular complexity index is 1400. The highest BCUT2D eigenvalue weighted by atomic mass is 16.5. The van der Waals surface area contributed by atoms with Gasteiger partial charge >= 0.3 is 0 Å². The van der Waals surface area contributed by atoms with Crippen LogP contribution in [0, 0.1) is 0 Å². The Morgan fingerprint density at radius 3 is 2.49 bits per heavy atom. The standard InChI is InChI=1S/C32H34N2O5/c1-4-33(5-2)16-17-34-29(22-10-9-13-26(20-22)39-25-11-7-6-8-12-25)28(31(36)32(34)37)30(35)23-14-15-27-24(19-23)18-21(3)38-27/h6-15,19-21,29,35H,4-5,16-18H2,1-3H3/p+1/t21-,29+/m0/s1. The first-order valence-corrected chi connectivity index (χ1v) is 13.6. The molecule has 2 aliphatic heterocycles. The number of benzene rings is 3. The number of likely N-dealkylation sites (N-methyl/N-ethyl adjacent to an activating group) is 1. The summed E-state index contributed by atoms with van der Waals surface area (Å²) in [5.41, 5.74) is 2.27. The first-order chi connectivity index (χ1) is 18.9. The second kappa shape index (κ2) is 11.3. The number of nitrogens with one attached hydrogen (secondary N) is 1. The summed E-state index contributed by atoms with van der Waals surface area (Å²) in [6.45, 7) is 9.13. The number of Topliss-reactive ketones (excluding diaryl/α,β-unsaturated/α-hetero) is 1. The van der Waals surface area contributed by atoms with Gasteiger partial charge in [-0.2, -0.15) is 0 Å². The molecule has 2 aliphatic rings. The first kappa shape index (κ1) is 26.5. The fourth-order valence-corrected chi connectivity index (χ4v) is 5.44. The summed E-state index contributed by atoms with van der Waals surface area (Å²) in [5.74, 6) is 0.606. The number of hydrogen-bond donors (Lipinski definition) is 2. The van der Waals surface area contributed by atoms with Crippen molar-refractivity contribution in [2.24, 2.45) is 0 Å². The van der Waals surface area contributed by atoms with Crippen molar-refractivity contribution in [2.75, 3.05) is 26.2 Å². The lowest BCUT2D eigenvalue weighted by molar-refractivity contribution is -0.895. The van der Waals surface area contributed by atoms with Crippen molar-refractivity contribution >= 4 is 17.4 Å². The van der Waals surface area contributed by atoms with Gasteiger partial charge in [0, 0.05) is 12.0 Å². The summed E-state index contributed by atoms with van der Waals surface area (Å²) in [6, 6.07) is 21.5. The topological polar surface area (TPSA) is 80.5 Å². The number of rotatable bonds is 9. The molecule has 0 unspecified atom stereocenters. The summed E-state index contributed by atoms with van der Waals surface area (Å²) in [7, 11) is 0. The molecule has 3 aromatic rings. The van der Waals surface area contributed by atoms with Gasteiger partial charge in [-0.1, -0.05) is 30.3 Å². The number of carbonyl (C=O) groups excluding carboxylic acids is 2. The van der Waals surface area contributed by atoms with Gasteiger partial charge in [0.25, 0.3) is 11.7 Å². The van der Waals surface area contributed by atoms with Crippen molar-refractivity contribution in [3.05, 3.63) is 95.1 Å². The molecule has 1 fully saturated rings. The third-order valence-corrected chi connectivity index (χ3v) is 7.57. The second-order valence-corrected chi connectivity index (χ2v) is 10.1. The maximum absolute atomic E-state index is 13.5. The molecule has 7 nitrogen and oxygen atoms in total. The highest BCUT2D eigenvalue weighted by molar-refractivity contribution is 6.46. The molecule has 0 saturated carbocycles. The van der Waals surface area contributed by atoms with Crippen LogP contribution >= 0.6 is 0 Å². The average Bonchev–Trinajstić information content (AvgIpc) is 3.44. The molecule has 0 aliphatic carbocycles. The molecule has 0 radical (unpaired) electrons. The number of quaternary nitrogens is 1. The van der Waals surface area contributed by atoms with Crippen LogP contribution in [0.25, 0.3) is 5.76 Å². The fraction of sp³-hybridized carbons (Fsp3) is 0.312. The van der Waals surface area contributed by atoms with E-state index >= 15 is 0 Å². The SMILES string of the molecule is CC[NH+](CC)CCN1C(=O)C(=O)C(=C(O)c2ccc3c(c2)C[C@H](C)O3)[C@H]1c1cccc(Oc2ccccc2)c1. The maximum Gasteiger partial charge on any atom is 0.295 e. The van der Waals surface area contributed by atoms with Gasteiger partial charge in [0.2, 0.25) is 0 Å². The summed E-state index contributed by atoms with van der Waals surface area (Å²) in [4.78, 5) is 29.8. The smallest absolute Gasteiger partial charge is 0.295 e. The van der Waals surface area contributed by atoms with Crippen molar-refractivity contribution in [3.8, 4) is 17.2 Å². The Hall–Kier alpha value is -4.10. The minimum atomic E-state index is -0.734. The van der Waals surface area contributed by atoms with Crippen LogP contribution < -0.4 is 14.4 Å². The number of aliphatic hydroxyl groups is 1. The summed E-state index contributed by atoms with van der Waals surface area (Å²) in [6.07, 6.45) is 0.776. The van der Waals surface area contributed by atoms with E-state index in [9.17, 15) is 14.7 Å². The van der Waals surface area contributed by atoms with Gasteiger partial charge in [0.1, 0.15) is 29.1 Å². The van der Waals surface area contributed by atoms with E-state index in [1.807, 2.05) is 73.7 Å². The first-order valence-electron chi connectivity index (χ1n) is 13.6. The molecule has 0 bridgehead atoms. The number of ether oxygens (including phenoxy) is 2. The van der Waals surface area contributed by atoms with Gasteiger partial charge in [-0.25, -0.2) is 0 Å². The van der Waals surface area contributed by atoms with Crippen LogP contribution in [-0.2, 0) is 16.0 Å². The number of ketones is 1. The van der Waals surface area contributed by atoms with E-state index in [2.05, 4.69) is 13.8 Å². The zero-order valence-electron chi connectivity index (χ0n) is 22.6. The third-order valence-electron chi connectivity index (χ3n) is 7.57. The highest BCUT2D eigenvalue weighted by Crippen LogP contribution is 2.41. The lowest BCUT2D eigenvalue weighted by Crippen LogP contribution is -3.12. The number of amides is 1.